The Balaban J connectivity index is 0.938. The predicted octanol–water partition coefficient (Wildman–Crippen LogP) is 10.5. The van der Waals surface area contributed by atoms with Crippen molar-refractivity contribution in [2.24, 2.45) is 9.98 Å². The molecule has 0 spiro atoms. The van der Waals surface area contributed by atoms with Gasteiger partial charge in [-0.2, -0.15) is 0 Å². The molecule has 8 nitrogen and oxygen atoms in total. The first kappa shape index (κ1) is 40.6. The van der Waals surface area contributed by atoms with E-state index in [4.69, 9.17) is 9.98 Å². The van der Waals surface area contributed by atoms with Gasteiger partial charge in [0.1, 0.15) is 23.0 Å². The van der Waals surface area contributed by atoms with Crippen molar-refractivity contribution < 1.29 is 20.4 Å². The zero-order chi connectivity index (χ0) is 41.3. The fourth-order valence-electron chi connectivity index (χ4n) is 8.82. The van der Waals surface area contributed by atoms with Crippen LogP contribution in [-0.4, -0.2) is 57.0 Å². The summed E-state index contributed by atoms with van der Waals surface area (Å²) < 4.78 is 0. The molecule has 6 aromatic rings. The van der Waals surface area contributed by atoms with E-state index in [1.165, 1.54) is 0 Å². The highest BCUT2D eigenvalue weighted by Crippen LogP contribution is 2.39. The van der Waals surface area contributed by atoms with Crippen molar-refractivity contribution in [3.05, 3.63) is 156 Å². The van der Waals surface area contributed by atoms with E-state index in [9.17, 15) is 20.4 Å². The Morgan fingerprint density at radius 3 is 1.23 bits per heavy atom. The normalized spacial score (nSPS) is 19.5. The number of phenols is 4. The fraction of sp³-hybridized carbons (Fsp3) is 0.269. The summed E-state index contributed by atoms with van der Waals surface area (Å²) in [6.45, 7) is 1.05. The van der Waals surface area contributed by atoms with Gasteiger partial charge in [0.15, 0.2) is 0 Å². The van der Waals surface area contributed by atoms with Crippen molar-refractivity contribution in [1.82, 2.24) is 10.6 Å². The third-order valence-electron chi connectivity index (χ3n) is 12.2. The van der Waals surface area contributed by atoms with E-state index in [0.29, 0.717) is 46.8 Å². The van der Waals surface area contributed by atoms with Gasteiger partial charge in [-0.1, -0.05) is 147 Å². The highest BCUT2D eigenvalue weighted by Gasteiger charge is 2.26. The van der Waals surface area contributed by atoms with Gasteiger partial charge in [-0.05, 0) is 48.9 Å². The van der Waals surface area contributed by atoms with Crippen LogP contribution in [0.1, 0.15) is 73.6 Å². The molecule has 0 aliphatic heterocycles. The number of aliphatic imine (C=N–C) groups is 2. The minimum absolute atomic E-state index is 0.0115. The third-order valence-corrected chi connectivity index (χ3v) is 12.2. The summed E-state index contributed by atoms with van der Waals surface area (Å²) in [7, 11) is 0. The topological polar surface area (TPSA) is 130 Å². The maximum atomic E-state index is 11.6. The molecule has 2 aliphatic rings. The van der Waals surface area contributed by atoms with Crippen LogP contribution in [0, 0.1) is 0 Å². The molecule has 2 aliphatic carbocycles. The first-order chi connectivity index (χ1) is 29.4. The molecular weight excluding hydrogens is 745 g/mol. The van der Waals surface area contributed by atoms with Crippen LogP contribution >= 0.6 is 0 Å². The number of hydrogen-bond donors (Lipinski definition) is 6. The van der Waals surface area contributed by atoms with E-state index < -0.39 is 0 Å². The van der Waals surface area contributed by atoms with Gasteiger partial charge in [0, 0.05) is 82.1 Å². The van der Waals surface area contributed by atoms with Gasteiger partial charge in [0.2, 0.25) is 0 Å². The Labute approximate surface area is 353 Å². The summed E-state index contributed by atoms with van der Waals surface area (Å²) in [5, 5.41) is 52.8. The van der Waals surface area contributed by atoms with Crippen molar-refractivity contribution in [3.8, 4) is 56.4 Å². The number of para-hydroxylation sites is 4. The van der Waals surface area contributed by atoms with Gasteiger partial charge in [-0.25, -0.2) is 0 Å². The fourth-order valence-corrected chi connectivity index (χ4v) is 8.82. The Kier molecular flexibility index (Phi) is 13.0. The van der Waals surface area contributed by atoms with Crippen LogP contribution in [0.25, 0.3) is 33.4 Å². The first-order valence-corrected chi connectivity index (χ1v) is 21.3. The van der Waals surface area contributed by atoms with Gasteiger partial charge >= 0.3 is 0 Å². The van der Waals surface area contributed by atoms with Crippen molar-refractivity contribution in [2.45, 2.75) is 88.6 Å². The summed E-state index contributed by atoms with van der Waals surface area (Å²) in [5.74, 6) is 0.706. The summed E-state index contributed by atoms with van der Waals surface area (Å²) in [6, 6.07) is 43.0. The SMILES string of the molecule is Oc1c(C=N[C@@H]2CCCC[C@H]2NCc2cccc(-c3ccccc3)c2O)cccc1-c1cccc(C=N[C@@H]2CCCC[C@H]2NCc2cccc(-c3ccccc3)c2O)c1O. The molecule has 0 amide bonds. The Morgan fingerprint density at radius 2 is 0.800 bits per heavy atom. The minimum atomic E-state index is 0.0115. The molecule has 306 valence electrons. The Bertz CT molecular complexity index is 2260. The van der Waals surface area contributed by atoms with Gasteiger partial charge in [-0.3, -0.25) is 9.98 Å². The first-order valence-electron chi connectivity index (χ1n) is 21.3. The number of rotatable bonds is 13. The number of nitrogens with one attached hydrogen (secondary N) is 2. The number of aromatic hydroxyl groups is 4. The molecule has 0 heterocycles. The van der Waals surface area contributed by atoms with E-state index in [-0.39, 0.29) is 35.7 Å². The van der Waals surface area contributed by atoms with Gasteiger partial charge in [0.25, 0.3) is 0 Å². The van der Waals surface area contributed by atoms with Gasteiger partial charge in [-0.15, -0.1) is 0 Å². The second kappa shape index (κ2) is 19.2. The largest absolute Gasteiger partial charge is 0.507 e. The molecule has 0 saturated heterocycles. The van der Waals surface area contributed by atoms with E-state index in [1.807, 2.05) is 133 Å². The second-order valence-electron chi connectivity index (χ2n) is 16.1. The molecule has 0 radical (unpaired) electrons. The van der Waals surface area contributed by atoms with Gasteiger partial charge < -0.3 is 31.1 Å². The highest BCUT2D eigenvalue weighted by atomic mass is 16.3. The number of phenolic OH excluding ortho intramolecular Hbond substituents is 4. The Hall–Kier alpha value is -6.22. The van der Waals surface area contributed by atoms with E-state index in [2.05, 4.69) is 10.6 Å². The average molecular weight is 799 g/mol. The highest BCUT2D eigenvalue weighted by molar-refractivity contribution is 5.93. The monoisotopic (exact) mass is 798 g/mol. The number of nitrogens with zero attached hydrogens (tertiary/aromatic N) is 2. The molecule has 6 N–H and O–H groups in total. The van der Waals surface area contributed by atoms with Crippen LogP contribution in [0.15, 0.2) is 143 Å². The van der Waals surface area contributed by atoms with E-state index in [1.54, 1.807) is 12.4 Å². The van der Waals surface area contributed by atoms with Crippen LogP contribution in [-0.2, 0) is 13.1 Å². The van der Waals surface area contributed by atoms with Crippen molar-refractivity contribution in [1.29, 1.82) is 0 Å². The molecule has 8 rings (SSSR count). The lowest BCUT2D eigenvalue weighted by Gasteiger charge is -2.30. The van der Waals surface area contributed by atoms with Crippen LogP contribution < -0.4 is 10.6 Å². The molecule has 2 fully saturated rings. The van der Waals surface area contributed by atoms with E-state index >= 15 is 0 Å². The molecule has 6 aromatic carbocycles. The summed E-state index contributed by atoms with van der Waals surface area (Å²) >= 11 is 0. The van der Waals surface area contributed by atoms with Crippen LogP contribution in [0.5, 0.6) is 23.0 Å². The molecule has 4 atom stereocenters. The second-order valence-corrected chi connectivity index (χ2v) is 16.1. The molecule has 0 unspecified atom stereocenters. The molecule has 2 saturated carbocycles. The molecule has 8 heteroatoms. The average Bonchev–Trinajstić information content (AvgIpc) is 3.29. The summed E-state index contributed by atoms with van der Waals surface area (Å²) in [6.07, 6.45) is 11.7. The van der Waals surface area contributed by atoms with Crippen molar-refractivity contribution in [3.63, 3.8) is 0 Å². The van der Waals surface area contributed by atoms with E-state index in [0.717, 1.165) is 84.7 Å². The zero-order valence-electron chi connectivity index (χ0n) is 33.9. The number of hydrogen-bond acceptors (Lipinski definition) is 8. The van der Waals surface area contributed by atoms with Gasteiger partial charge in [0.05, 0.1) is 12.1 Å². The standard InChI is InChI=1S/C52H54N4O4/c57-49-37(19-11-23-41(49)35-15-3-1-4-16-35)31-53-45-27-7-9-29-47(45)55-33-39-21-13-25-43(51(39)59)44-26-14-22-40(52(44)60)34-56-48-30-10-8-28-46(48)54-32-38-20-12-24-42(50(38)58)36-17-5-2-6-18-36/h1-6,11-26,33-34,45-48,53-54,57-60H,7-10,27-32H2/t45-,46-,47-,48-/m1/s1. The lowest BCUT2D eigenvalue weighted by Crippen LogP contribution is -2.40. The molecule has 0 bridgehead atoms. The smallest absolute Gasteiger partial charge is 0.132 e. The predicted molar refractivity (Wildman–Crippen MR) is 243 cm³/mol. The maximum absolute atomic E-state index is 11.6. The van der Waals surface area contributed by atoms with Crippen LogP contribution in [0.3, 0.4) is 0 Å². The third kappa shape index (κ3) is 9.31. The lowest BCUT2D eigenvalue weighted by atomic mass is 9.90. The molecular formula is C52H54N4O4. The molecule has 0 aromatic heterocycles. The Morgan fingerprint density at radius 1 is 0.417 bits per heavy atom. The lowest BCUT2D eigenvalue weighted by molar-refractivity contribution is 0.327. The van der Waals surface area contributed by atoms with Crippen LogP contribution in [0.4, 0.5) is 0 Å². The summed E-state index contributed by atoms with van der Waals surface area (Å²) in [4.78, 5) is 10.0. The van der Waals surface area contributed by atoms with Crippen molar-refractivity contribution >= 4 is 12.4 Å². The molecule has 60 heavy (non-hydrogen) atoms. The number of benzene rings is 6. The quantitative estimate of drug-likeness (QED) is 0.0646. The summed E-state index contributed by atoms with van der Waals surface area (Å²) in [5.41, 5.74) is 7.50. The van der Waals surface area contributed by atoms with Crippen molar-refractivity contribution in [2.75, 3.05) is 0 Å². The van der Waals surface area contributed by atoms with Crippen LogP contribution in [0.2, 0.25) is 0 Å². The maximum Gasteiger partial charge on any atom is 0.132 e. The zero-order valence-corrected chi connectivity index (χ0v) is 33.9. The minimum Gasteiger partial charge on any atom is -0.507 e.